The van der Waals surface area contributed by atoms with Crippen molar-refractivity contribution < 1.29 is 23.9 Å². The number of imide groups is 1. The minimum absolute atomic E-state index is 0.0781. The lowest BCUT2D eigenvalue weighted by Gasteiger charge is -2.28. The van der Waals surface area contributed by atoms with Crippen LogP contribution in [-0.4, -0.2) is 50.8 Å². The molecular formula is C22H23Br2NO5. The third-order valence-electron chi connectivity index (χ3n) is 6.61. The highest BCUT2D eigenvalue weighted by Crippen LogP contribution is 2.60. The number of alkyl halides is 2. The van der Waals surface area contributed by atoms with Crippen LogP contribution in [0.25, 0.3) is 0 Å². The Hall–Kier alpha value is -1.54. The molecule has 0 N–H and O–H groups in total. The number of esters is 1. The van der Waals surface area contributed by atoms with Gasteiger partial charge in [0.15, 0.2) is 12.4 Å². The SMILES string of the molecule is CC(C)[C@H](C(=O)OCC(=O)c1ccccc1)N1C(=O)[C@H]2[C@@H]3C[C@H]([C@@H](Br)[C@H]3Br)[C@@H]2C1=O. The van der Waals surface area contributed by atoms with Crippen LogP contribution in [0.4, 0.5) is 0 Å². The number of ketones is 1. The third-order valence-corrected chi connectivity index (χ3v) is 9.82. The fraction of sp³-hybridized carbons (Fsp3) is 0.545. The van der Waals surface area contributed by atoms with Gasteiger partial charge in [-0.25, -0.2) is 4.79 Å². The van der Waals surface area contributed by atoms with E-state index in [0.29, 0.717) is 5.56 Å². The quantitative estimate of drug-likeness (QED) is 0.239. The molecule has 0 radical (unpaired) electrons. The van der Waals surface area contributed by atoms with Crippen LogP contribution in [0.3, 0.4) is 0 Å². The van der Waals surface area contributed by atoms with Crippen molar-refractivity contribution in [2.24, 2.45) is 29.6 Å². The minimum Gasteiger partial charge on any atom is -0.456 e. The van der Waals surface area contributed by atoms with Crippen LogP contribution in [0.5, 0.6) is 0 Å². The molecule has 1 saturated heterocycles. The van der Waals surface area contributed by atoms with Crippen molar-refractivity contribution in [3.8, 4) is 0 Å². The summed E-state index contributed by atoms with van der Waals surface area (Å²) in [6.07, 6.45) is 0.828. The van der Waals surface area contributed by atoms with Crippen molar-refractivity contribution in [2.45, 2.75) is 36.0 Å². The molecular weight excluding hydrogens is 518 g/mol. The Balaban J connectivity index is 1.51. The molecule has 2 amide bonds. The van der Waals surface area contributed by atoms with Crippen molar-refractivity contribution in [2.75, 3.05) is 6.61 Å². The van der Waals surface area contributed by atoms with Gasteiger partial charge < -0.3 is 4.74 Å². The molecule has 160 valence electrons. The van der Waals surface area contributed by atoms with E-state index in [0.717, 1.165) is 11.3 Å². The van der Waals surface area contributed by atoms with E-state index in [-0.39, 0.29) is 56.8 Å². The average molecular weight is 541 g/mol. The van der Waals surface area contributed by atoms with E-state index in [9.17, 15) is 19.2 Å². The van der Waals surface area contributed by atoms with Crippen molar-refractivity contribution in [3.63, 3.8) is 0 Å². The second-order valence-electron chi connectivity index (χ2n) is 8.64. The summed E-state index contributed by atoms with van der Waals surface area (Å²) in [6.45, 7) is 3.12. The number of hydrogen-bond donors (Lipinski definition) is 0. The van der Waals surface area contributed by atoms with Crippen LogP contribution in [0.2, 0.25) is 0 Å². The molecule has 8 heteroatoms. The number of nitrogens with zero attached hydrogens (tertiary/aromatic N) is 1. The van der Waals surface area contributed by atoms with Crippen LogP contribution in [-0.2, 0) is 19.1 Å². The maximum absolute atomic E-state index is 13.2. The van der Waals surface area contributed by atoms with Crippen LogP contribution in [0.15, 0.2) is 30.3 Å². The van der Waals surface area contributed by atoms with Gasteiger partial charge in [-0.2, -0.15) is 0 Å². The smallest absolute Gasteiger partial charge is 0.330 e. The normalized spacial score (nSPS) is 33.2. The van der Waals surface area contributed by atoms with E-state index in [1.807, 2.05) is 0 Å². The summed E-state index contributed by atoms with van der Waals surface area (Å²) in [6, 6.07) is 7.52. The Morgan fingerprint density at radius 1 is 1.03 bits per heavy atom. The van der Waals surface area contributed by atoms with Crippen LogP contribution < -0.4 is 0 Å². The maximum Gasteiger partial charge on any atom is 0.330 e. The van der Waals surface area contributed by atoms with Gasteiger partial charge in [-0.15, -0.1) is 0 Å². The minimum atomic E-state index is -1.03. The number of Topliss-reactive ketones (excluding diaryl/α,β-unsaturated/α-hetero) is 1. The zero-order valence-corrected chi connectivity index (χ0v) is 19.8. The van der Waals surface area contributed by atoms with Gasteiger partial charge in [-0.1, -0.05) is 76.0 Å². The first kappa shape index (κ1) is 21.7. The van der Waals surface area contributed by atoms with E-state index in [1.165, 1.54) is 0 Å². The summed E-state index contributed by atoms with van der Waals surface area (Å²) in [5.74, 6) is -2.56. The Labute approximate surface area is 192 Å². The lowest BCUT2D eigenvalue weighted by atomic mass is 9.81. The summed E-state index contributed by atoms with van der Waals surface area (Å²) >= 11 is 7.33. The number of ether oxygens (including phenoxy) is 1. The Kier molecular flexibility index (Phi) is 5.92. The summed E-state index contributed by atoms with van der Waals surface area (Å²) in [5.41, 5.74) is 0.442. The van der Waals surface area contributed by atoms with Gasteiger partial charge in [-0.3, -0.25) is 19.3 Å². The van der Waals surface area contributed by atoms with Crippen LogP contribution >= 0.6 is 31.9 Å². The van der Waals surface area contributed by atoms with Gasteiger partial charge in [0.25, 0.3) is 0 Å². The second kappa shape index (κ2) is 8.19. The van der Waals surface area contributed by atoms with Gasteiger partial charge >= 0.3 is 5.97 Å². The van der Waals surface area contributed by atoms with Crippen LogP contribution in [0, 0.1) is 29.6 Å². The van der Waals surface area contributed by atoms with Gasteiger partial charge in [0.1, 0.15) is 6.04 Å². The molecule has 1 aliphatic heterocycles. The highest BCUT2D eigenvalue weighted by molar-refractivity contribution is 9.12. The standard InChI is InChI=1S/C22H23Br2NO5/c1-10(2)19(22(29)30-9-14(26)11-6-4-3-5-7-11)25-20(27)15-12-8-13(16(15)21(25)28)18(24)17(12)23/h3-7,10,12-13,15-19H,8-9H2,1-2H3/t12-,13-,15-,16-,17-,18+,19+/m0/s1. The van der Waals surface area contributed by atoms with Gasteiger partial charge in [-0.05, 0) is 24.2 Å². The van der Waals surface area contributed by atoms with Crippen molar-refractivity contribution in [3.05, 3.63) is 35.9 Å². The lowest BCUT2D eigenvalue weighted by molar-refractivity contribution is -0.160. The van der Waals surface area contributed by atoms with Gasteiger partial charge in [0.05, 0.1) is 11.8 Å². The molecule has 1 aromatic rings. The van der Waals surface area contributed by atoms with E-state index in [4.69, 9.17) is 4.74 Å². The molecule has 2 saturated carbocycles. The first-order chi connectivity index (χ1) is 14.2. The Morgan fingerprint density at radius 2 is 1.57 bits per heavy atom. The largest absolute Gasteiger partial charge is 0.456 e. The number of benzene rings is 1. The molecule has 0 unspecified atom stereocenters. The van der Waals surface area contributed by atoms with E-state index in [1.54, 1.807) is 44.2 Å². The number of halogens is 2. The number of amides is 2. The lowest BCUT2D eigenvalue weighted by Crippen LogP contribution is -2.50. The molecule has 0 aromatic heterocycles. The molecule has 1 aromatic carbocycles. The Morgan fingerprint density at radius 3 is 2.07 bits per heavy atom. The fourth-order valence-corrected chi connectivity index (χ4v) is 7.12. The van der Waals surface area contributed by atoms with E-state index in [2.05, 4.69) is 31.9 Å². The van der Waals surface area contributed by atoms with Crippen molar-refractivity contribution in [1.29, 1.82) is 0 Å². The molecule has 4 rings (SSSR count). The number of carbonyl (C=O) groups is 4. The van der Waals surface area contributed by atoms with E-state index >= 15 is 0 Å². The monoisotopic (exact) mass is 539 g/mol. The number of likely N-dealkylation sites (tertiary alicyclic amines) is 1. The molecule has 3 fully saturated rings. The predicted molar refractivity (Wildman–Crippen MR) is 116 cm³/mol. The summed E-state index contributed by atoms with van der Waals surface area (Å²) in [7, 11) is 0. The second-order valence-corrected chi connectivity index (χ2v) is 10.8. The topological polar surface area (TPSA) is 80.8 Å². The number of rotatable bonds is 6. The van der Waals surface area contributed by atoms with Crippen molar-refractivity contribution >= 4 is 55.4 Å². The van der Waals surface area contributed by atoms with Gasteiger partial charge in [0, 0.05) is 15.2 Å². The molecule has 1 heterocycles. The number of carbonyl (C=O) groups excluding carboxylic acids is 4. The molecule has 0 spiro atoms. The molecule has 6 nitrogen and oxygen atoms in total. The first-order valence-electron chi connectivity index (χ1n) is 10.1. The first-order valence-corrected chi connectivity index (χ1v) is 12.0. The third kappa shape index (κ3) is 3.36. The fourth-order valence-electron chi connectivity index (χ4n) is 5.25. The molecule has 2 aliphatic carbocycles. The highest BCUT2D eigenvalue weighted by atomic mass is 79.9. The van der Waals surface area contributed by atoms with E-state index < -0.39 is 18.6 Å². The molecule has 30 heavy (non-hydrogen) atoms. The van der Waals surface area contributed by atoms with Crippen LogP contribution in [0.1, 0.15) is 30.6 Å². The zero-order valence-electron chi connectivity index (χ0n) is 16.7. The number of fused-ring (bicyclic) bond motifs is 5. The molecule has 3 aliphatic rings. The average Bonchev–Trinajstić information content (AvgIpc) is 3.33. The molecule has 7 atom stereocenters. The van der Waals surface area contributed by atoms with Gasteiger partial charge in [0.2, 0.25) is 11.8 Å². The molecule has 2 bridgehead atoms. The summed E-state index contributed by atoms with van der Waals surface area (Å²) in [5, 5.41) is 0. The zero-order chi connectivity index (χ0) is 21.7. The maximum atomic E-state index is 13.2. The summed E-state index contributed by atoms with van der Waals surface area (Å²) in [4.78, 5) is 53.0. The Bertz CT molecular complexity index is 857. The predicted octanol–water partition coefficient (Wildman–Crippen LogP) is 3.22. The highest BCUT2D eigenvalue weighted by Gasteiger charge is 2.67. The summed E-state index contributed by atoms with van der Waals surface area (Å²) < 4.78 is 5.27. The number of hydrogen-bond acceptors (Lipinski definition) is 5. The van der Waals surface area contributed by atoms with Crippen molar-refractivity contribution in [1.82, 2.24) is 4.90 Å².